The molecule has 0 unspecified atom stereocenters. The summed E-state index contributed by atoms with van der Waals surface area (Å²) in [6, 6.07) is 5.88. The Morgan fingerprint density at radius 2 is 2.03 bits per heavy atom. The summed E-state index contributed by atoms with van der Waals surface area (Å²) in [5.41, 5.74) is 5.59. The molecule has 0 bridgehead atoms. The number of hydrogen-bond acceptors (Lipinski definition) is 6. The second-order valence-corrected chi connectivity index (χ2v) is 8.16. The van der Waals surface area contributed by atoms with Crippen molar-refractivity contribution in [1.82, 2.24) is 25.3 Å². The molecule has 162 valence electrons. The van der Waals surface area contributed by atoms with E-state index in [0.29, 0.717) is 12.2 Å². The minimum absolute atomic E-state index is 0.0525. The summed E-state index contributed by atoms with van der Waals surface area (Å²) < 4.78 is 0. The van der Waals surface area contributed by atoms with Gasteiger partial charge in [-0.2, -0.15) is 0 Å². The van der Waals surface area contributed by atoms with E-state index in [9.17, 15) is 4.79 Å². The Kier molecular flexibility index (Phi) is 6.39. The van der Waals surface area contributed by atoms with Crippen molar-refractivity contribution >= 4 is 22.8 Å². The minimum atomic E-state index is -0.0607. The third-order valence-corrected chi connectivity index (χ3v) is 6.03. The lowest BCUT2D eigenvalue weighted by atomic mass is 9.96. The number of piperidine rings is 1. The SMILES string of the molecule is CCc1nc2cc(N3CCC[C@@H](C(=O)N[C@@H](C)c4cccnc4)C3)cnc2nc1CC. The minimum Gasteiger partial charge on any atom is -0.369 e. The standard InChI is InChI=1S/C24H30N6O/c1-4-20-21(5-2)29-23-22(28-20)12-19(14-26-23)30-11-7-9-18(15-30)24(31)27-16(3)17-8-6-10-25-13-17/h6,8,10,12-14,16,18H,4-5,7,9,11,15H2,1-3H3,(H,27,31)/t16-,18+/m0/s1. The number of carbonyl (C=O) groups excluding carboxylic acids is 1. The zero-order valence-electron chi connectivity index (χ0n) is 18.5. The van der Waals surface area contributed by atoms with Gasteiger partial charge in [0.05, 0.1) is 35.2 Å². The molecule has 0 spiro atoms. The molecular weight excluding hydrogens is 388 g/mol. The smallest absolute Gasteiger partial charge is 0.225 e. The lowest BCUT2D eigenvalue weighted by Crippen LogP contribution is -2.43. The lowest BCUT2D eigenvalue weighted by molar-refractivity contribution is -0.125. The largest absolute Gasteiger partial charge is 0.369 e. The molecular formula is C24H30N6O. The predicted molar refractivity (Wildman–Crippen MR) is 122 cm³/mol. The quantitative estimate of drug-likeness (QED) is 0.658. The molecule has 4 rings (SSSR count). The molecule has 0 aromatic carbocycles. The summed E-state index contributed by atoms with van der Waals surface area (Å²) in [6.07, 6.45) is 8.98. The average molecular weight is 419 g/mol. The highest BCUT2D eigenvalue weighted by Gasteiger charge is 2.27. The monoisotopic (exact) mass is 418 g/mol. The van der Waals surface area contributed by atoms with Gasteiger partial charge in [0, 0.05) is 25.5 Å². The highest BCUT2D eigenvalue weighted by molar-refractivity contribution is 5.80. The second kappa shape index (κ2) is 9.37. The van der Waals surface area contributed by atoms with Gasteiger partial charge in [-0.3, -0.25) is 9.78 Å². The van der Waals surface area contributed by atoms with E-state index in [4.69, 9.17) is 9.97 Å². The van der Waals surface area contributed by atoms with Gasteiger partial charge >= 0.3 is 0 Å². The van der Waals surface area contributed by atoms with Crippen molar-refractivity contribution in [1.29, 1.82) is 0 Å². The van der Waals surface area contributed by atoms with Crippen LogP contribution in [-0.2, 0) is 17.6 Å². The van der Waals surface area contributed by atoms with Crippen LogP contribution in [0.4, 0.5) is 5.69 Å². The van der Waals surface area contributed by atoms with Gasteiger partial charge in [-0.05, 0) is 50.3 Å². The molecule has 1 saturated heterocycles. The molecule has 7 heteroatoms. The first-order chi connectivity index (χ1) is 15.1. The number of aryl methyl sites for hydroxylation is 2. The molecule has 1 aliphatic heterocycles. The first kappa shape index (κ1) is 21.2. The van der Waals surface area contributed by atoms with Crippen molar-refractivity contribution in [3.05, 3.63) is 53.7 Å². The van der Waals surface area contributed by atoms with Crippen LogP contribution in [-0.4, -0.2) is 38.9 Å². The lowest BCUT2D eigenvalue weighted by Gasteiger charge is -2.34. The van der Waals surface area contributed by atoms with E-state index < -0.39 is 0 Å². The Hall–Kier alpha value is -3.09. The Balaban J connectivity index is 1.48. The van der Waals surface area contributed by atoms with Crippen LogP contribution in [0.5, 0.6) is 0 Å². The molecule has 0 radical (unpaired) electrons. The second-order valence-electron chi connectivity index (χ2n) is 8.16. The van der Waals surface area contributed by atoms with Gasteiger partial charge in [-0.1, -0.05) is 19.9 Å². The molecule has 7 nitrogen and oxygen atoms in total. The molecule has 4 heterocycles. The fourth-order valence-corrected chi connectivity index (χ4v) is 4.22. The number of pyridine rings is 2. The molecule has 31 heavy (non-hydrogen) atoms. The summed E-state index contributed by atoms with van der Waals surface area (Å²) >= 11 is 0. The Bertz CT molecular complexity index is 1050. The van der Waals surface area contributed by atoms with Crippen molar-refractivity contribution in [3.8, 4) is 0 Å². The van der Waals surface area contributed by atoms with Gasteiger partial charge in [0.1, 0.15) is 5.52 Å². The third-order valence-electron chi connectivity index (χ3n) is 6.03. The summed E-state index contributed by atoms with van der Waals surface area (Å²) in [5.74, 6) is 0.0405. The van der Waals surface area contributed by atoms with Crippen molar-refractivity contribution in [2.24, 2.45) is 5.92 Å². The zero-order valence-corrected chi connectivity index (χ0v) is 18.5. The van der Waals surface area contributed by atoms with E-state index in [1.807, 2.05) is 25.3 Å². The van der Waals surface area contributed by atoms with Crippen LogP contribution in [0.3, 0.4) is 0 Å². The number of anilines is 1. The van der Waals surface area contributed by atoms with Crippen molar-refractivity contribution in [2.75, 3.05) is 18.0 Å². The summed E-state index contributed by atoms with van der Waals surface area (Å²) in [6.45, 7) is 7.79. The number of nitrogens with zero attached hydrogens (tertiary/aromatic N) is 5. The number of nitrogens with one attached hydrogen (secondary N) is 1. The zero-order chi connectivity index (χ0) is 21.8. The maximum atomic E-state index is 12.9. The number of aromatic nitrogens is 4. The van der Waals surface area contributed by atoms with Crippen LogP contribution in [0, 0.1) is 5.92 Å². The highest BCUT2D eigenvalue weighted by atomic mass is 16.2. The van der Waals surface area contributed by atoms with Gasteiger partial charge in [0.25, 0.3) is 0 Å². The van der Waals surface area contributed by atoms with Crippen LogP contribution < -0.4 is 10.2 Å². The van der Waals surface area contributed by atoms with E-state index in [0.717, 1.165) is 60.4 Å². The van der Waals surface area contributed by atoms with Crippen molar-refractivity contribution < 1.29 is 4.79 Å². The number of carbonyl (C=O) groups is 1. The third kappa shape index (κ3) is 4.65. The van der Waals surface area contributed by atoms with E-state index in [1.54, 1.807) is 12.4 Å². The number of fused-ring (bicyclic) bond motifs is 1. The van der Waals surface area contributed by atoms with E-state index in [1.165, 1.54) is 0 Å². The fourth-order valence-electron chi connectivity index (χ4n) is 4.22. The first-order valence-corrected chi connectivity index (χ1v) is 11.2. The summed E-state index contributed by atoms with van der Waals surface area (Å²) in [7, 11) is 0. The van der Waals surface area contributed by atoms with Crippen LogP contribution >= 0.6 is 0 Å². The summed E-state index contributed by atoms with van der Waals surface area (Å²) in [4.78, 5) is 33.4. The van der Waals surface area contributed by atoms with E-state index in [2.05, 4.69) is 40.1 Å². The maximum Gasteiger partial charge on any atom is 0.225 e. The van der Waals surface area contributed by atoms with Crippen LogP contribution in [0.25, 0.3) is 11.2 Å². The molecule has 1 aliphatic rings. The van der Waals surface area contributed by atoms with Crippen LogP contribution in [0.15, 0.2) is 36.8 Å². The van der Waals surface area contributed by atoms with Crippen LogP contribution in [0.2, 0.25) is 0 Å². The topological polar surface area (TPSA) is 83.9 Å². The molecule has 1 fully saturated rings. The Morgan fingerprint density at radius 3 is 2.77 bits per heavy atom. The maximum absolute atomic E-state index is 12.9. The van der Waals surface area contributed by atoms with Crippen molar-refractivity contribution in [3.63, 3.8) is 0 Å². The number of rotatable bonds is 6. The Morgan fingerprint density at radius 1 is 1.23 bits per heavy atom. The molecule has 2 atom stereocenters. The van der Waals surface area contributed by atoms with Gasteiger partial charge in [-0.25, -0.2) is 15.0 Å². The molecule has 1 amide bonds. The van der Waals surface area contributed by atoms with Gasteiger partial charge in [0.15, 0.2) is 5.65 Å². The molecule has 0 aliphatic carbocycles. The van der Waals surface area contributed by atoms with Crippen LogP contribution in [0.1, 0.15) is 56.6 Å². The predicted octanol–water partition coefficient (Wildman–Crippen LogP) is 3.64. The fraction of sp³-hybridized carbons (Fsp3) is 0.458. The molecule has 1 N–H and O–H groups in total. The highest BCUT2D eigenvalue weighted by Crippen LogP contribution is 2.26. The first-order valence-electron chi connectivity index (χ1n) is 11.2. The van der Waals surface area contributed by atoms with E-state index >= 15 is 0 Å². The number of amides is 1. The van der Waals surface area contributed by atoms with E-state index in [-0.39, 0.29) is 17.9 Å². The van der Waals surface area contributed by atoms with Gasteiger partial charge < -0.3 is 10.2 Å². The molecule has 3 aromatic rings. The Labute approximate surface area is 183 Å². The normalized spacial score (nSPS) is 17.5. The van der Waals surface area contributed by atoms with Crippen molar-refractivity contribution in [2.45, 2.75) is 52.5 Å². The summed E-state index contributed by atoms with van der Waals surface area (Å²) in [5, 5.41) is 3.15. The average Bonchev–Trinajstić information content (AvgIpc) is 2.83. The van der Waals surface area contributed by atoms with Gasteiger partial charge in [0.2, 0.25) is 5.91 Å². The van der Waals surface area contributed by atoms with Gasteiger partial charge in [-0.15, -0.1) is 0 Å². The number of hydrogen-bond donors (Lipinski definition) is 1. The molecule has 0 saturated carbocycles. The molecule has 3 aromatic heterocycles.